The summed E-state index contributed by atoms with van der Waals surface area (Å²) in [6.07, 6.45) is -2.49. The lowest BCUT2D eigenvalue weighted by Crippen LogP contribution is -2.22. The Hall–Kier alpha value is -2.22. The van der Waals surface area contributed by atoms with Gasteiger partial charge >= 0.3 is 5.97 Å². The van der Waals surface area contributed by atoms with Gasteiger partial charge in [0.15, 0.2) is 0 Å². The number of nitrogens with zero attached hydrogens (tertiary/aromatic N) is 1. The highest BCUT2D eigenvalue weighted by Crippen LogP contribution is 2.30. The Morgan fingerprint density at radius 2 is 1.65 bits per heavy atom. The second kappa shape index (κ2) is 7.99. The maximum atomic E-state index is 11.5. The zero-order valence-electron chi connectivity index (χ0n) is 14.0. The monoisotopic (exact) mass is 419 g/mol. The molecule has 0 saturated carbocycles. The van der Waals surface area contributed by atoms with Gasteiger partial charge in [-0.1, -0.05) is 57.5 Å². The molecule has 3 unspecified atom stereocenters. The Bertz CT molecular complexity index is 804. The third-order valence-corrected chi connectivity index (χ3v) is 4.76. The SMILES string of the molecule is COC(=O)C1CC(c2ccc(C(O)C(O)c3ccc(Br)cc3)cc2)=NO1. The molecule has 0 aromatic heterocycles. The van der Waals surface area contributed by atoms with Gasteiger partial charge in [0, 0.05) is 10.9 Å². The largest absolute Gasteiger partial charge is 0.466 e. The molecule has 0 spiro atoms. The number of hydrogen-bond acceptors (Lipinski definition) is 6. The van der Waals surface area contributed by atoms with Crippen molar-refractivity contribution in [1.29, 1.82) is 0 Å². The summed E-state index contributed by atoms with van der Waals surface area (Å²) in [4.78, 5) is 16.6. The van der Waals surface area contributed by atoms with Crippen LogP contribution in [0.1, 0.15) is 35.3 Å². The van der Waals surface area contributed by atoms with E-state index < -0.39 is 24.3 Å². The third-order valence-electron chi connectivity index (χ3n) is 4.23. The highest BCUT2D eigenvalue weighted by Gasteiger charge is 2.29. The van der Waals surface area contributed by atoms with Gasteiger partial charge in [-0.25, -0.2) is 4.79 Å². The van der Waals surface area contributed by atoms with Crippen LogP contribution in [0.4, 0.5) is 0 Å². The van der Waals surface area contributed by atoms with E-state index >= 15 is 0 Å². The first-order valence-electron chi connectivity index (χ1n) is 8.02. The van der Waals surface area contributed by atoms with E-state index in [4.69, 9.17) is 4.84 Å². The highest BCUT2D eigenvalue weighted by atomic mass is 79.9. The Balaban J connectivity index is 1.69. The predicted octanol–water partition coefficient (Wildman–Crippen LogP) is 2.88. The summed E-state index contributed by atoms with van der Waals surface area (Å²) >= 11 is 3.34. The van der Waals surface area contributed by atoms with Gasteiger partial charge in [0.1, 0.15) is 12.2 Å². The quantitative estimate of drug-likeness (QED) is 0.727. The molecule has 0 aliphatic carbocycles. The number of halogens is 1. The maximum absolute atomic E-state index is 11.5. The molecule has 2 aromatic rings. The van der Waals surface area contributed by atoms with Crippen LogP contribution in [0.3, 0.4) is 0 Å². The van der Waals surface area contributed by atoms with E-state index in [0.717, 1.165) is 10.0 Å². The molecule has 0 fully saturated rings. The second-order valence-corrected chi connectivity index (χ2v) is 6.84. The fourth-order valence-corrected chi connectivity index (χ4v) is 2.97. The van der Waals surface area contributed by atoms with Crippen molar-refractivity contribution in [3.8, 4) is 0 Å². The lowest BCUT2D eigenvalue weighted by Gasteiger charge is -2.19. The van der Waals surface area contributed by atoms with Crippen molar-refractivity contribution in [3.05, 3.63) is 69.7 Å². The molecule has 0 amide bonds. The van der Waals surface area contributed by atoms with Crippen molar-refractivity contribution in [2.45, 2.75) is 24.7 Å². The van der Waals surface area contributed by atoms with Crippen molar-refractivity contribution < 1.29 is 24.6 Å². The van der Waals surface area contributed by atoms with E-state index in [1.54, 1.807) is 36.4 Å². The summed E-state index contributed by atoms with van der Waals surface area (Å²) in [6, 6.07) is 14.1. The van der Waals surface area contributed by atoms with Crippen LogP contribution in [0.15, 0.2) is 58.2 Å². The fraction of sp³-hybridized carbons (Fsp3) is 0.263. The first-order chi connectivity index (χ1) is 12.5. The zero-order chi connectivity index (χ0) is 18.7. The normalized spacial score (nSPS) is 18.6. The molecule has 136 valence electrons. The van der Waals surface area contributed by atoms with Crippen LogP contribution in [0, 0.1) is 0 Å². The molecule has 1 heterocycles. The number of ether oxygens (including phenoxy) is 1. The number of rotatable bonds is 5. The minimum absolute atomic E-state index is 0.329. The topological polar surface area (TPSA) is 88.4 Å². The molecule has 2 aromatic carbocycles. The van der Waals surface area contributed by atoms with Gasteiger partial charge in [0.2, 0.25) is 6.10 Å². The van der Waals surface area contributed by atoms with Crippen molar-refractivity contribution in [2.75, 3.05) is 7.11 Å². The van der Waals surface area contributed by atoms with E-state index in [1.807, 2.05) is 12.1 Å². The molecule has 1 aliphatic rings. The summed E-state index contributed by atoms with van der Waals surface area (Å²) in [7, 11) is 1.30. The first kappa shape index (κ1) is 18.6. The number of carbonyl (C=O) groups is 1. The molecule has 1 aliphatic heterocycles. The number of esters is 1. The number of carbonyl (C=O) groups excluding carboxylic acids is 1. The number of benzene rings is 2. The molecular weight excluding hydrogens is 402 g/mol. The van der Waals surface area contributed by atoms with Crippen LogP contribution in [0.2, 0.25) is 0 Å². The Kier molecular flexibility index (Phi) is 5.70. The fourth-order valence-electron chi connectivity index (χ4n) is 2.70. The van der Waals surface area contributed by atoms with Gasteiger partial charge in [-0.05, 0) is 28.8 Å². The number of aliphatic hydroxyl groups is 2. The number of methoxy groups -OCH3 is 1. The van der Waals surface area contributed by atoms with E-state index in [2.05, 4.69) is 25.8 Å². The smallest absolute Gasteiger partial charge is 0.350 e. The molecule has 2 N–H and O–H groups in total. The predicted molar refractivity (Wildman–Crippen MR) is 98.5 cm³/mol. The van der Waals surface area contributed by atoms with Gasteiger partial charge in [-0.15, -0.1) is 0 Å². The number of hydrogen-bond donors (Lipinski definition) is 2. The summed E-state index contributed by atoms with van der Waals surface area (Å²) in [6.45, 7) is 0. The first-order valence-corrected chi connectivity index (χ1v) is 8.81. The zero-order valence-corrected chi connectivity index (χ0v) is 15.6. The highest BCUT2D eigenvalue weighted by molar-refractivity contribution is 9.10. The van der Waals surface area contributed by atoms with Gasteiger partial charge in [-0.2, -0.15) is 0 Å². The van der Waals surface area contributed by atoms with Crippen LogP contribution in [0.25, 0.3) is 0 Å². The van der Waals surface area contributed by atoms with Crippen molar-refractivity contribution in [2.24, 2.45) is 5.16 Å². The second-order valence-electron chi connectivity index (χ2n) is 5.92. The number of aliphatic hydroxyl groups excluding tert-OH is 2. The molecule has 0 bridgehead atoms. The van der Waals surface area contributed by atoms with Crippen LogP contribution >= 0.6 is 15.9 Å². The molecule has 26 heavy (non-hydrogen) atoms. The Morgan fingerprint density at radius 3 is 2.19 bits per heavy atom. The van der Waals surface area contributed by atoms with Gasteiger partial charge in [0.25, 0.3) is 0 Å². The minimum atomic E-state index is -1.06. The maximum Gasteiger partial charge on any atom is 0.350 e. The number of oxime groups is 1. The standard InChI is InChI=1S/C19H18BrNO5/c1-25-19(24)16-10-15(21-26-16)11-2-4-12(5-3-11)17(22)18(23)13-6-8-14(20)9-7-13/h2-9,16-18,22-23H,10H2,1H3. The van der Waals surface area contributed by atoms with Gasteiger partial charge in [0.05, 0.1) is 12.8 Å². The van der Waals surface area contributed by atoms with Crippen LogP contribution < -0.4 is 0 Å². The average Bonchev–Trinajstić information content (AvgIpc) is 3.17. The molecule has 6 nitrogen and oxygen atoms in total. The Labute approximate surface area is 159 Å². The molecular formula is C19H18BrNO5. The van der Waals surface area contributed by atoms with Crippen molar-refractivity contribution in [1.82, 2.24) is 0 Å². The van der Waals surface area contributed by atoms with E-state index in [-0.39, 0.29) is 0 Å². The molecule has 7 heteroatoms. The van der Waals surface area contributed by atoms with Crippen LogP contribution in [-0.4, -0.2) is 35.1 Å². The van der Waals surface area contributed by atoms with Gasteiger partial charge in [-0.3, -0.25) is 0 Å². The van der Waals surface area contributed by atoms with Crippen LogP contribution in [-0.2, 0) is 14.4 Å². The lowest BCUT2D eigenvalue weighted by molar-refractivity contribution is -0.152. The third kappa shape index (κ3) is 3.95. The average molecular weight is 420 g/mol. The van der Waals surface area contributed by atoms with Crippen LogP contribution in [0.5, 0.6) is 0 Å². The van der Waals surface area contributed by atoms with Crippen molar-refractivity contribution >= 4 is 27.6 Å². The van der Waals surface area contributed by atoms with E-state index in [1.165, 1.54) is 7.11 Å². The summed E-state index contributed by atoms with van der Waals surface area (Å²) in [5, 5.41) is 24.7. The summed E-state index contributed by atoms with van der Waals surface area (Å²) in [5.41, 5.74) is 2.62. The summed E-state index contributed by atoms with van der Waals surface area (Å²) in [5.74, 6) is -0.464. The van der Waals surface area contributed by atoms with E-state index in [9.17, 15) is 15.0 Å². The van der Waals surface area contributed by atoms with Gasteiger partial charge < -0.3 is 19.8 Å². The minimum Gasteiger partial charge on any atom is -0.466 e. The summed E-state index contributed by atoms with van der Waals surface area (Å²) < 4.78 is 5.54. The molecule has 0 saturated heterocycles. The molecule has 3 atom stereocenters. The van der Waals surface area contributed by atoms with E-state index in [0.29, 0.717) is 23.3 Å². The van der Waals surface area contributed by atoms with Crippen molar-refractivity contribution in [3.63, 3.8) is 0 Å². The molecule has 0 radical (unpaired) electrons. The molecule has 3 rings (SSSR count). The Morgan fingerprint density at radius 1 is 1.12 bits per heavy atom. The lowest BCUT2D eigenvalue weighted by atomic mass is 9.96.